The number of hydrogen-bond acceptors (Lipinski definition) is 5. The van der Waals surface area contributed by atoms with Crippen molar-refractivity contribution in [2.24, 2.45) is 4.99 Å². The standard InChI is InChI=1S/C21H19N5O2S/c1-23(2)19-22-18-17(29-19)13-16(14-9-5-3-6-10-14)25-20(27)24(21(28)26(18)25)15-11-7-4-8-12-15/h3-13,16,18H,1-2H3/t16-,18+/m0/s1. The van der Waals surface area contributed by atoms with Gasteiger partial charge in [-0.05, 0) is 23.8 Å². The second-order valence-corrected chi connectivity index (χ2v) is 8.17. The van der Waals surface area contributed by atoms with Crippen LogP contribution in [-0.2, 0) is 0 Å². The van der Waals surface area contributed by atoms with E-state index in [1.807, 2.05) is 73.6 Å². The zero-order chi connectivity index (χ0) is 20.1. The Balaban J connectivity index is 1.79. The fourth-order valence-electron chi connectivity index (χ4n) is 3.71. The quantitative estimate of drug-likeness (QED) is 0.657. The van der Waals surface area contributed by atoms with Crippen LogP contribution in [0.25, 0.3) is 5.69 Å². The monoisotopic (exact) mass is 405 g/mol. The van der Waals surface area contributed by atoms with E-state index in [1.54, 1.807) is 12.1 Å². The third kappa shape index (κ3) is 2.71. The summed E-state index contributed by atoms with van der Waals surface area (Å²) in [4.78, 5) is 34.4. The summed E-state index contributed by atoms with van der Waals surface area (Å²) in [5, 5.41) is 0.813. The van der Waals surface area contributed by atoms with Crippen LogP contribution < -0.4 is 11.4 Å². The molecule has 2 aromatic carbocycles. The van der Waals surface area contributed by atoms with Gasteiger partial charge in [0, 0.05) is 19.0 Å². The summed E-state index contributed by atoms with van der Waals surface area (Å²) in [6.07, 6.45) is 1.52. The van der Waals surface area contributed by atoms with Crippen molar-refractivity contribution >= 4 is 16.9 Å². The van der Waals surface area contributed by atoms with Crippen LogP contribution in [0.2, 0.25) is 0 Å². The van der Waals surface area contributed by atoms with Gasteiger partial charge < -0.3 is 4.90 Å². The number of aliphatic imine (C=N–C) groups is 1. The lowest BCUT2D eigenvalue weighted by molar-refractivity contribution is 0.376. The topological polar surface area (TPSA) is 64.5 Å². The summed E-state index contributed by atoms with van der Waals surface area (Å²) in [7, 11) is 3.84. The molecule has 0 bridgehead atoms. The third-order valence-electron chi connectivity index (χ3n) is 5.06. The summed E-state index contributed by atoms with van der Waals surface area (Å²) in [6.45, 7) is 0. The highest BCUT2D eigenvalue weighted by Crippen LogP contribution is 2.42. The number of hydrogen-bond donors (Lipinski definition) is 0. The molecule has 8 heteroatoms. The minimum absolute atomic E-state index is 0.371. The van der Waals surface area contributed by atoms with Crippen molar-refractivity contribution in [3.63, 3.8) is 0 Å². The summed E-state index contributed by atoms with van der Waals surface area (Å²) >= 11 is 1.54. The van der Waals surface area contributed by atoms with Gasteiger partial charge in [0.2, 0.25) is 0 Å². The van der Waals surface area contributed by atoms with Crippen molar-refractivity contribution in [2.45, 2.75) is 12.2 Å². The molecular formula is C21H19N5O2S. The number of amidine groups is 1. The first-order valence-electron chi connectivity index (χ1n) is 9.27. The lowest BCUT2D eigenvalue weighted by atomic mass is 10.1. The van der Waals surface area contributed by atoms with Gasteiger partial charge in [-0.1, -0.05) is 60.3 Å². The lowest BCUT2D eigenvalue weighted by Gasteiger charge is -2.26. The molecule has 0 unspecified atom stereocenters. The molecule has 0 fully saturated rings. The molecule has 0 aliphatic carbocycles. The van der Waals surface area contributed by atoms with Gasteiger partial charge in [-0.2, -0.15) is 4.68 Å². The van der Waals surface area contributed by atoms with Crippen LogP contribution in [0.15, 0.2) is 86.2 Å². The molecular weight excluding hydrogens is 386 g/mol. The summed E-state index contributed by atoms with van der Waals surface area (Å²) in [5.74, 6) is 0. The highest BCUT2D eigenvalue weighted by molar-refractivity contribution is 8.17. The molecule has 0 N–H and O–H groups in total. The second-order valence-electron chi connectivity index (χ2n) is 7.13. The molecule has 5 rings (SSSR count). The van der Waals surface area contributed by atoms with E-state index in [0.29, 0.717) is 5.69 Å². The largest absolute Gasteiger partial charge is 0.357 e. The molecule has 3 heterocycles. The summed E-state index contributed by atoms with van der Waals surface area (Å²) < 4.78 is 4.24. The first kappa shape index (κ1) is 17.8. The van der Waals surface area contributed by atoms with E-state index in [2.05, 4.69) is 0 Å². The zero-order valence-electron chi connectivity index (χ0n) is 16.0. The molecule has 2 atom stereocenters. The maximum absolute atomic E-state index is 13.4. The number of fused-ring (bicyclic) bond motifs is 3. The van der Waals surface area contributed by atoms with Gasteiger partial charge in [-0.25, -0.2) is 23.8 Å². The van der Waals surface area contributed by atoms with Gasteiger partial charge in [0.1, 0.15) is 0 Å². The molecule has 0 saturated carbocycles. The fraction of sp³-hybridized carbons (Fsp3) is 0.190. The van der Waals surface area contributed by atoms with E-state index < -0.39 is 6.17 Å². The van der Waals surface area contributed by atoms with Gasteiger partial charge in [0.15, 0.2) is 11.3 Å². The van der Waals surface area contributed by atoms with E-state index in [-0.39, 0.29) is 17.4 Å². The average molecular weight is 405 g/mol. The molecule has 2 aliphatic rings. The van der Waals surface area contributed by atoms with Crippen LogP contribution in [0.5, 0.6) is 0 Å². The van der Waals surface area contributed by atoms with Crippen LogP contribution in [0.3, 0.4) is 0 Å². The van der Waals surface area contributed by atoms with E-state index >= 15 is 0 Å². The molecule has 0 spiro atoms. The summed E-state index contributed by atoms with van der Waals surface area (Å²) in [6, 6.07) is 18.4. The van der Waals surface area contributed by atoms with Crippen molar-refractivity contribution in [3.8, 4) is 5.69 Å². The van der Waals surface area contributed by atoms with E-state index in [0.717, 1.165) is 15.6 Å². The number of aromatic nitrogens is 3. The van der Waals surface area contributed by atoms with Crippen molar-refractivity contribution in [2.75, 3.05) is 14.1 Å². The maximum atomic E-state index is 13.4. The van der Waals surface area contributed by atoms with Crippen molar-refractivity contribution in [1.82, 2.24) is 18.8 Å². The molecule has 3 aromatic rings. The van der Waals surface area contributed by atoms with Crippen LogP contribution in [0.1, 0.15) is 17.8 Å². The van der Waals surface area contributed by atoms with E-state index in [9.17, 15) is 9.59 Å². The van der Waals surface area contributed by atoms with Gasteiger partial charge in [0.25, 0.3) is 0 Å². The van der Waals surface area contributed by atoms with Crippen LogP contribution >= 0.6 is 11.8 Å². The highest BCUT2D eigenvalue weighted by Gasteiger charge is 2.38. The Morgan fingerprint density at radius 2 is 1.52 bits per heavy atom. The molecule has 0 radical (unpaired) electrons. The highest BCUT2D eigenvalue weighted by atomic mass is 32.2. The van der Waals surface area contributed by atoms with Crippen LogP contribution in [0, 0.1) is 0 Å². The van der Waals surface area contributed by atoms with E-state index in [4.69, 9.17) is 4.99 Å². The molecule has 0 saturated heterocycles. The van der Waals surface area contributed by atoms with Crippen molar-refractivity contribution in [3.05, 3.63) is 98.2 Å². The fourth-order valence-corrected chi connectivity index (χ4v) is 4.71. The first-order valence-corrected chi connectivity index (χ1v) is 10.1. The number of rotatable bonds is 2. The third-order valence-corrected chi connectivity index (χ3v) is 6.29. The Morgan fingerprint density at radius 1 is 0.897 bits per heavy atom. The van der Waals surface area contributed by atoms with Crippen molar-refractivity contribution in [1.29, 1.82) is 0 Å². The van der Waals surface area contributed by atoms with Gasteiger partial charge >= 0.3 is 11.4 Å². The molecule has 0 amide bonds. The lowest BCUT2D eigenvalue weighted by Crippen LogP contribution is -2.35. The SMILES string of the molecule is CN(C)C1=N[C@H]2C(=C[C@@H](c3ccccc3)n3c(=O)n(-c4ccccc4)c(=O)n32)S1. The average Bonchev–Trinajstić information content (AvgIpc) is 3.28. The predicted octanol–water partition coefficient (Wildman–Crippen LogP) is 2.45. The molecule has 7 nitrogen and oxygen atoms in total. The summed E-state index contributed by atoms with van der Waals surface area (Å²) in [5.41, 5.74) is 0.733. The minimum Gasteiger partial charge on any atom is -0.357 e. The molecule has 29 heavy (non-hydrogen) atoms. The maximum Gasteiger partial charge on any atom is 0.354 e. The second kappa shape index (κ2) is 6.66. The van der Waals surface area contributed by atoms with Crippen molar-refractivity contribution < 1.29 is 0 Å². The molecule has 1 aromatic heterocycles. The Morgan fingerprint density at radius 3 is 2.17 bits per heavy atom. The predicted molar refractivity (Wildman–Crippen MR) is 115 cm³/mol. The Bertz CT molecular complexity index is 1250. The van der Waals surface area contributed by atoms with Crippen LogP contribution in [0.4, 0.5) is 0 Å². The molecule has 2 aliphatic heterocycles. The smallest absolute Gasteiger partial charge is 0.354 e. The Labute approximate surface area is 171 Å². The minimum atomic E-state index is -0.525. The molecule has 146 valence electrons. The van der Waals surface area contributed by atoms with Gasteiger partial charge in [-0.15, -0.1) is 0 Å². The number of nitrogens with zero attached hydrogens (tertiary/aromatic N) is 5. The van der Waals surface area contributed by atoms with Crippen LogP contribution in [-0.4, -0.2) is 38.1 Å². The normalized spacial score (nSPS) is 19.9. The van der Waals surface area contributed by atoms with E-state index in [1.165, 1.54) is 25.7 Å². The number of thioether (sulfide) groups is 1. The Kier molecular flexibility index (Phi) is 4.09. The first-order chi connectivity index (χ1) is 14.1. The Hall–Kier alpha value is -3.26. The number of allylic oxidation sites excluding steroid dienone is 1. The van der Waals surface area contributed by atoms with Gasteiger partial charge in [-0.3, -0.25) is 0 Å². The number of benzene rings is 2. The number of para-hydroxylation sites is 1. The zero-order valence-corrected chi connectivity index (χ0v) is 16.8. The van der Waals surface area contributed by atoms with Gasteiger partial charge in [0.05, 0.1) is 11.7 Å².